The molecule has 9 heteroatoms. The first-order valence-corrected chi connectivity index (χ1v) is 9.02. The Kier molecular flexibility index (Phi) is 4.73. The highest BCUT2D eigenvalue weighted by atomic mass is 19.1. The van der Waals surface area contributed by atoms with E-state index in [1.807, 2.05) is 0 Å². The molecule has 2 aromatic rings. The molecule has 3 amide bonds. The zero-order valence-electron chi connectivity index (χ0n) is 15.1. The summed E-state index contributed by atoms with van der Waals surface area (Å²) in [4.78, 5) is 40.8. The van der Waals surface area contributed by atoms with Gasteiger partial charge in [0.1, 0.15) is 30.0 Å². The first kappa shape index (κ1) is 19.0. The van der Waals surface area contributed by atoms with Crippen molar-refractivity contribution >= 4 is 29.1 Å². The van der Waals surface area contributed by atoms with Gasteiger partial charge in [-0.2, -0.15) is 0 Å². The Morgan fingerprint density at radius 3 is 2.55 bits per heavy atom. The molecule has 1 N–H and O–H groups in total. The van der Waals surface area contributed by atoms with Gasteiger partial charge in [0.05, 0.1) is 16.9 Å². The molecule has 2 aliphatic heterocycles. The van der Waals surface area contributed by atoms with E-state index < -0.39 is 47.8 Å². The van der Waals surface area contributed by atoms with E-state index in [1.54, 1.807) is 0 Å². The van der Waals surface area contributed by atoms with Crippen LogP contribution in [0.3, 0.4) is 0 Å². The molecule has 0 aromatic heterocycles. The highest BCUT2D eigenvalue weighted by molar-refractivity contribution is 6.13. The van der Waals surface area contributed by atoms with Crippen LogP contribution < -0.4 is 10.2 Å². The second kappa shape index (κ2) is 7.23. The minimum Gasteiger partial charge on any atom is -0.327 e. The molecule has 6 nitrogen and oxygen atoms in total. The number of rotatable bonds is 3. The van der Waals surface area contributed by atoms with Crippen LogP contribution in [-0.2, 0) is 9.59 Å². The summed E-state index contributed by atoms with van der Waals surface area (Å²) in [6.45, 7) is -0.156. The monoisotopic (exact) mass is 403 g/mol. The van der Waals surface area contributed by atoms with Crippen LogP contribution in [0, 0.1) is 17.5 Å². The summed E-state index contributed by atoms with van der Waals surface area (Å²) in [7, 11) is 0. The number of halogens is 3. The maximum absolute atomic E-state index is 13.9. The van der Waals surface area contributed by atoms with Gasteiger partial charge in [0.15, 0.2) is 0 Å². The molecule has 0 bridgehead atoms. The fourth-order valence-electron chi connectivity index (χ4n) is 3.72. The molecule has 4 rings (SSSR count). The van der Waals surface area contributed by atoms with Crippen molar-refractivity contribution in [3.8, 4) is 0 Å². The van der Waals surface area contributed by atoms with E-state index in [9.17, 15) is 27.6 Å². The maximum atomic E-state index is 13.9. The lowest BCUT2D eigenvalue weighted by molar-refractivity contribution is -0.124. The molecular weight excluding hydrogens is 387 g/mol. The summed E-state index contributed by atoms with van der Waals surface area (Å²) in [5.41, 5.74) is -0.147. The molecule has 1 fully saturated rings. The van der Waals surface area contributed by atoms with Gasteiger partial charge in [-0.05, 0) is 43.2 Å². The van der Waals surface area contributed by atoms with Gasteiger partial charge in [0, 0.05) is 12.6 Å². The highest BCUT2D eigenvalue weighted by Crippen LogP contribution is 2.33. The number of carbonyl (C=O) groups excluding carboxylic acids is 3. The molecule has 0 radical (unpaired) electrons. The van der Waals surface area contributed by atoms with Gasteiger partial charge in [-0.3, -0.25) is 14.4 Å². The van der Waals surface area contributed by atoms with Gasteiger partial charge in [-0.25, -0.2) is 13.2 Å². The summed E-state index contributed by atoms with van der Waals surface area (Å²) < 4.78 is 40.7. The number of amides is 3. The van der Waals surface area contributed by atoms with Crippen LogP contribution in [0.5, 0.6) is 0 Å². The topological polar surface area (TPSA) is 69.7 Å². The number of hydrogen-bond acceptors (Lipinski definition) is 3. The largest absolute Gasteiger partial charge is 0.327 e. The van der Waals surface area contributed by atoms with Gasteiger partial charge >= 0.3 is 0 Å². The maximum Gasteiger partial charge on any atom is 0.256 e. The molecule has 0 aliphatic carbocycles. The van der Waals surface area contributed by atoms with E-state index in [1.165, 1.54) is 11.0 Å². The SMILES string of the molecule is O=C(CN1C(=O)C2CCCN2C(=O)c2ccc(F)cc21)Nc1ccc(F)cc1F. The minimum absolute atomic E-state index is 0.0101. The third kappa shape index (κ3) is 3.43. The van der Waals surface area contributed by atoms with Crippen LogP contribution in [0.4, 0.5) is 24.5 Å². The predicted octanol–water partition coefficient (Wildman–Crippen LogP) is 2.69. The Bertz CT molecular complexity index is 1030. The average Bonchev–Trinajstić information content (AvgIpc) is 3.14. The number of carbonyl (C=O) groups is 3. The molecule has 1 unspecified atom stereocenters. The van der Waals surface area contributed by atoms with Gasteiger partial charge in [0.25, 0.3) is 5.91 Å². The van der Waals surface area contributed by atoms with E-state index >= 15 is 0 Å². The average molecular weight is 403 g/mol. The van der Waals surface area contributed by atoms with Crippen molar-refractivity contribution in [1.82, 2.24) is 4.90 Å². The Morgan fingerprint density at radius 1 is 1.07 bits per heavy atom. The summed E-state index contributed by atoms with van der Waals surface area (Å²) in [6.07, 6.45) is 1.07. The summed E-state index contributed by atoms with van der Waals surface area (Å²) >= 11 is 0. The minimum atomic E-state index is -0.968. The van der Waals surface area contributed by atoms with Gasteiger partial charge in [-0.15, -0.1) is 0 Å². The Morgan fingerprint density at radius 2 is 1.79 bits per heavy atom. The fraction of sp³-hybridized carbons (Fsp3) is 0.250. The lowest BCUT2D eigenvalue weighted by Crippen LogP contribution is -2.47. The molecule has 0 spiro atoms. The van der Waals surface area contributed by atoms with E-state index in [4.69, 9.17) is 0 Å². The number of nitrogens with zero attached hydrogens (tertiary/aromatic N) is 2. The molecule has 29 heavy (non-hydrogen) atoms. The van der Waals surface area contributed by atoms with Gasteiger partial charge in [0.2, 0.25) is 11.8 Å². The smallest absolute Gasteiger partial charge is 0.256 e. The number of fused-ring (bicyclic) bond motifs is 2. The van der Waals surface area contributed by atoms with Crippen molar-refractivity contribution in [1.29, 1.82) is 0 Å². The van der Waals surface area contributed by atoms with Crippen LogP contribution in [-0.4, -0.2) is 41.8 Å². The number of nitrogens with one attached hydrogen (secondary N) is 1. The number of benzene rings is 2. The summed E-state index contributed by atoms with van der Waals surface area (Å²) in [6, 6.07) is 5.34. The Hall–Kier alpha value is -3.36. The number of anilines is 2. The van der Waals surface area contributed by atoms with E-state index in [0.29, 0.717) is 25.5 Å². The predicted molar refractivity (Wildman–Crippen MR) is 97.8 cm³/mol. The molecule has 1 saturated heterocycles. The zero-order valence-corrected chi connectivity index (χ0v) is 15.1. The molecule has 0 saturated carbocycles. The van der Waals surface area contributed by atoms with Crippen molar-refractivity contribution in [3.05, 3.63) is 59.4 Å². The van der Waals surface area contributed by atoms with Gasteiger partial charge in [-0.1, -0.05) is 0 Å². The Labute approximate surface area is 163 Å². The third-order valence-electron chi connectivity index (χ3n) is 5.05. The van der Waals surface area contributed by atoms with Crippen LogP contribution in [0.2, 0.25) is 0 Å². The van der Waals surface area contributed by atoms with Crippen molar-refractivity contribution in [2.24, 2.45) is 0 Å². The van der Waals surface area contributed by atoms with Crippen molar-refractivity contribution in [3.63, 3.8) is 0 Å². The summed E-state index contributed by atoms with van der Waals surface area (Å²) in [5, 5.41) is 2.28. The van der Waals surface area contributed by atoms with Crippen LogP contribution >= 0.6 is 0 Å². The summed E-state index contributed by atoms with van der Waals surface area (Å²) in [5.74, 6) is -4.10. The zero-order chi connectivity index (χ0) is 20.7. The number of hydrogen-bond donors (Lipinski definition) is 1. The second-order valence-electron chi connectivity index (χ2n) is 6.91. The standard InChI is InChI=1S/C20H16F3N3O3/c21-11-4-6-15(14(23)8-11)24-18(27)10-26-17-9-12(22)3-5-13(17)19(28)25-7-1-2-16(25)20(26)29/h3-6,8-9,16H,1-2,7,10H2,(H,24,27). The molecule has 2 aromatic carbocycles. The second-order valence-corrected chi connectivity index (χ2v) is 6.91. The Balaban J connectivity index is 1.66. The van der Waals surface area contributed by atoms with Crippen LogP contribution in [0.1, 0.15) is 23.2 Å². The fourth-order valence-corrected chi connectivity index (χ4v) is 3.72. The molecular formula is C20H16F3N3O3. The first-order valence-electron chi connectivity index (χ1n) is 9.02. The lowest BCUT2D eigenvalue weighted by atomic mass is 10.1. The van der Waals surface area contributed by atoms with E-state index in [-0.39, 0.29) is 16.9 Å². The van der Waals surface area contributed by atoms with Gasteiger partial charge < -0.3 is 15.1 Å². The lowest BCUT2D eigenvalue weighted by Gasteiger charge is -2.25. The third-order valence-corrected chi connectivity index (χ3v) is 5.05. The van der Waals surface area contributed by atoms with Crippen molar-refractivity contribution in [2.75, 3.05) is 23.3 Å². The quantitative estimate of drug-likeness (QED) is 0.857. The normalized spacial score (nSPS) is 18.4. The molecule has 2 heterocycles. The molecule has 150 valence electrons. The molecule has 1 atom stereocenters. The van der Waals surface area contributed by atoms with Crippen LogP contribution in [0.15, 0.2) is 36.4 Å². The van der Waals surface area contributed by atoms with Crippen LogP contribution in [0.25, 0.3) is 0 Å². The highest BCUT2D eigenvalue weighted by Gasteiger charge is 2.42. The van der Waals surface area contributed by atoms with E-state index in [0.717, 1.165) is 29.2 Å². The van der Waals surface area contributed by atoms with Crippen molar-refractivity contribution in [2.45, 2.75) is 18.9 Å². The van der Waals surface area contributed by atoms with E-state index in [2.05, 4.69) is 5.32 Å². The van der Waals surface area contributed by atoms with Crippen molar-refractivity contribution < 1.29 is 27.6 Å². The molecule has 2 aliphatic rings. The first-order chi connectivity index (χ1) is 13.8.